The topological polar surface area (TPSA) is 50.9 Å². The second kappa shape index (κ2) is 3.89. The van der Waals surface area contributed by atoms with Gasteiger partial charge in [0.2, 0.25) is 0 Å². The molecular weight excluding hydrogens is 217 g/mol. The zero-order chi connectivity index (χ0) is 9.14. The van der Waals surface area contributed by atoms with Crippen molar-refractivity contribution in [1.82, 2.24) is 4.98 Å². The van der Waals surface area contributed by atoms with Crippen LogP contribution in [-0.4, -0.2) is 10.1 Å². The number of hydrogen-bond donors (Lipinski definition) is 2. The molecule has 0 radical (unpaired) electrons. The van der Waals surface area contributed by atoms with Gasteiger partial charge in [0.05, 0.1) is 0 Å². The van der Waals surface area contributed by atoms with Gasteiger partial charge in [-0.1, -0.05) is 23.2 Å². The lowest BCUT2D eigenvalue weighted by Gasteiger charge is -2.03. The van der Waals surface area contributed by atoms with Gasteiger partial charge in [-0.05, 0) is 24.4 Å². The number of aromatic nitrogens is 1. The molecule has 3 N–H and O–H groups in total. The number of nitrogens with one attached hydrogen (secondary N) is 1. The first-order valence-electron chi connectivity index (χ1n) is 2.97. The molecule has 0 aromatic carbocycles. The molecule has 0 saturated heterocycles. The Morgan fingerprint density at radius 1 is 1.42 bits per heavy atom. The van der Waals surface area contributed by atoms with E-state index in [9.17, 15) is 0 Å². The van der Waals surface area contributed by atoms with Crippen LogP contribution in [-0.2, 0) is 0 Å². The first kappa shape index (κ1) is 9.51. The van der Waals surface area contributed by atoms with Gasteiger partial charge in [-0.25, -0.2) is 4.98 Å². The molecule has 0 spiro atoms. The van der Waals surface area contributed by atoms with Gasteiger partial charge in [0.1, 0.15) is 10.3 Å². The maximum Gasteiger partial charge on any atom is 0.168 e. The van der Waals surface area contributed by atoms with Gasteiger partial charge in [-0.2, -0.15) is 0 Å². The van der Waals surface area contributed by atoms with E-state index >= 15 is 0 Å². The average Bonchev–Trinajstić information content (AvgIpc) is 1.81. The number of nitrogens with zero attached hydrogens (tertiary/aromatic N) is 1. The maximum absolute atomic E-state index is 5.61. The largest absolute Gasteiger partial charge is 0.376 e. The minimum absolute atomic E-state index is 0.160. The summed E-state index contributed by atoms with van der Waals surface area (Å²) in [5.41, 5.74) is 5.87. The van der Waals surface area contributed by atoms with Crippen molar-refractivity contribution in [2.75, 3.05) is 5.32 Å². The van der Waals surface area contributed by atoms with Crippen molar-refractivity contribution in [3.63, 3.8) is 0 Å². The Morgan fingerprint density at radius 2 is 1.92 bits per heavy atom. The van der Waals surface area contributed by atoms with Gasteiger partial charge in [0.25, 0.3) is 0 Å². The molecule has 0 fully saturated rings. The van der Waals surface area contributed by atoms with E-state index in [-0.39, 0.29) is 5.11 Å². The molecule has 3 nitrogen and oxygen atoms in total. The summed E-state index contributed by atoms with van der Waals surface area (Å²) in [4.78, 5) is 3.75. The van der Waals surface area contributed by atoms with Crippen LogP contribution >= 0.6 is 35.4 Å². The van der Waals surface area contributed by atoms with E-state index in [1.54, 1.807) is 12.1 Å². The van der Waals surface area contributed by atoms with Crippen molar-refractivity contribution in [1.29, 1.82) is 0 Å². The summed E-state index contributed by atoms with van der Waals surface area (Å²) in [5, 5.41) is 3.43. The molecule has 1 aromatic rings. The SMILES string of the molecule is NC(=S)Nc1cc(Cl)nc(Cl)c1. The van der Waals surface area contributed by atoms with Gasteiger partial charge in [-0.3, -0.25) is 0 Å². The van der Waals surface area contributed by atoms with Crippen LogP contribution in [0.25, 0.3) is 0 Å². The summed E-state index contributed by atoms with van der Waals surface area (Å²) < 4.78 is 0. The molecule has 1 rings (SSSR count). The van der Waals surface area contributed by atoms with Gasteiger partial charge < -0.3 is 11.1 Å². The standard InChI is InChI=1S/C6H5Cl2N3S/c7-4-1-3(10-6(9)12)2-5(8)11-4/h1-2H,(H3,9,10,11,12). The zero-order valence-electron chi connectivity index (χ0n) is 5.84. The summed E-state index contributed by atoms with van der Waals surface area (Å²) >= 11 is 15.9. The summed E-state index contributed by atoms with van der Waals surface area (Å²) in [7, 11) is 0. The lowest BCUT2D eigenvalue weighted by atomic mass is 10.4. The molecule has 6 heteroatoms. The smallest absolute Gasteiger partial charge is 0.168 e. The molecule has 0 atom stereocenters. The highest BCUT2D eigenvalue weighted by atomic mass is 35.5. The zero-order valence-corrected chi connectivity index (χ0v) is 8.17. The van der Waals surface area contributed by atoms with Crippen molar-refractivity contribution < 1.29 is 0 Å². The predicted molar refractivity (Wildman–Crippen MR) is 54.7 cm³/mol. The minimum Gasteiger partial charge on any atom is -0.376 e. The highest BCUT2D eigenvalue weighted by molar-refractivity contribution is 7.80. The quantitative estimate of drug-likeness (QED) is 0.564. The number of rotatable bonds is 1. The monoisotopic (exact) mass is 221 g/mol. The number of thiocarbonyl (C=S) groups is 1. The predicted octanol–water partition coefficient (Wildman–Crippen LogP) is 2.04. The molecule has 0 amide bonds. The molecule has 64 valence electrons. The maximum atomic E-state index is 5.61. The van der Waals surface area contributed by atoms with E-state index in [4.69, 9.17) is 28.9 Å². The minimum atomic E-state index is 0.160. The van der Waals surface area contributed by atoms with Crippen LogP contribution < -0.4 is 11.1 Å². The molecule has 0 aliphatic carbocycles. The normalized spacial score (nSPS) is 9.50. The molecule has 1 aromatic heterocycles. The molecular formula is C6H5Cl2N3S. The van der Waals surface area contributed by atoms with Crippen molar-refractivity contribution in [3.05, 3.63) is 22.4 Å². The fourth-order valence-electron chi connectivity index (χ4n) is 0.679. The first-order chi connectivity index (χ1) is 5.58. The van der Waals surface area contributed by atoms with Crippen LogP contribution in [0.2, 0.25) is 10.3 Å². The molecule has 12 heavy (non-hydrogen) atoms. The van der Waals surface area contributed by atoms with E-state index in [0.717, 1.165) is 0 Å². The van der Waals surface area contributed by atoms with Crippen LogP contribution in [0.15, 0.2) is 12.1 Å². The number of pyridine rings is 1. The second-order valence-electron chi connectivity index (χ2n) is 1.99. The van der Waals surface area contributed by atoms with Crippen LogP contribution in [0.1, 0.15) is 0 Å². The Balaban J connectivity index is 2.93. The van der Waals surface area contributed by atoms with Crippen molar-refractivity contribution in [2.24, 2.45) is 5.73 Å². The number of nitrogens with two attached hydrogens (primary N) is 1. The Labute approximate surface area is 84.9 Å². The van der Waals surface area contributed by atoms with E-state index in [1.165, 1.54) is 0 Å². The third-order valence-corrected chi connectivity index (χ3v) is 1.52. The Hall–Kier alpha value is -0.580. The highest BCUT2D eigenvalue weighted by Gasteiger charge is 1.98. The van der Waals surface area contributed by atoms with Crippen LogP contribution in [0.5, 0.6) is 0 Å². The first-order valence-corrected chi connectivity index (χ1v) is 4.14. The number of hydrogen-bond acceptors (Lipinski definition) is 2. The number of anilines is 1. The lowest BCUT2D eigenvalue weighted by Crippen LogP contribution is -2.18. The third-order valence-electron chi connectivity index (χ3n) is 1.03. The molecule has 0 aliphatic heterocycles. The lowest BCUT2D eigenvalue weighted by molar-refractivity contribution is 1.33. The fraction of sp³-hybridized carbons (Fsp3) is 0. The third kappa shape index (κ3) is 2.81. The number of halogens is 2. The molecule has 0 aliphatic rings. The van der Waals surface area contributed by atoms with Gasteiger partial charge >= 0.3 is 0 Å². The van der Waals surface area contributed by atoms with Crippen LogP contribution in [0, 0.1) is 0 Å². The van der Waals surface area contributed by atoms with Crippen molar-refractivity contribution in [2.45, 2.75) is 0 Å². The van der Waals surface area contributed by atoms with Gasteiger partial charge in [-0.15, -0.1) is 0 Å². The molecule has 0 saturated carbocycles. The van der Waals surface area contributed by atoms with E-state index in [0.29, 0.717) is 16.0 Å². The Kier molecular flexibility index (Phi) is 3.08. The Morgan fingerprint density at radius 3 is 2.33 bits per heavy atom. The van der Waals surface area contributed by atoms with Crippen LogP contribution in [0.3, 0.4) is 0 Å². The van der Waals surface area contributed by atoms with Crippen LogP contribution in [0.4, 0.5) is 5.69 Å². The average molecular weight is 222 g/mol. The van der Waals surface area contributed by atoms with Gasteiger partial charge in [0.15, 0.2) is 5.11 Å². The van der Waals surface area contributed by atoms with E-state index in [1.807, 2.05) is 0 Å². The second-order valence-corrected chi connectivity index (χ2v) is 3.20. The fourth-order valence-corrected chi connectivity index (χ4v) is 1.26. The van der Waals surface area contributed by atoms with E-state index in [2.05, 4.69) is 22.5 Å². The van der Waals surface area contributed by atoms with E-state index < -0.39 is 0 Å². The summed E-state index contributed by atoms with van der Waals surface area (Å²) in [6.07, 6.45) is 0. The van der Waals surface area contributed by atoms with Gasteiger partial charge in [0, 0.05) is 5.69 Å². The Bertz CT molecular complexity index is 295. The van der Waals surface area contributed by atoms with Crippen molar-refractivity contribution in [3.8, 4) is 0 Å². The molecule has 1 heterocycles. The summed E-state index contributed by atoms with van der Waals surface area (Å²) in [6, 6.07) is 3.15. The summed E-state index contributed by atoms with van der Waals surface area (Å²) in [6.45, 7) is 0. The summed E-state index contributed by atoms with van der Waals surface area (Å²) in [5.74, 6) is 0. The highest BCUT2D eigenvalue weighted by Crippen LogP contribution is 2.18. The molecule has 0 bridgehead atoms. The molecule has 0 unspecified atom stereocenters. The van der Waals surface area contributed by atoms with Crippen molar-refractivity contribution >= 4 is 46.2 Å².